The molecule has 24 heavy (non-hydrogen) atoms. The number of benzene rings is 1. The molecule has 0 aliphatic rings. The van der Waals surface area contributed by atoms with Gasteiger partial charge in [0.25, 0.3) is 10.2 Å². The molecule has 2 aromatic rings. The maximum Gasteiger partial charge on any atom is 0.279 e. The molecule has 0 radical (unpaired) electrons. The van der Waals surface area contributed by atoms with Crippen molar-refractivity contribution >= 4 is 42.8 Å². The fraction of sp³-hybridized carbons (Fsp3) is 0.438. The molecule has 0 spiro atoms. The van der Waals surface area contributed by atoms with Crippen LogP contribution < -0.4 is 4.72 Å². The van der Waals surface area contributed by atoms with Crippen molar-refractivity contribution < 1.29 is 13.2 Å². The van der Waals surface area contributed by atoms with Crippen molar-refractivity contribution in [3.05, 3.63) is 34.4 Å². The van der Waals surface area contributed by atoms with E-state index in [1.807, 2.05) is 29.0 Å². The molecular weight excluding hydrogens is 394 g/mol. The summed E-state index contributed by atoms with van der Waals surface area (Å²) in [6.45, 7) is 4.73. The summed E-state index contributed by atoms with van der Waals surface area (Å²) in [5.41, 5.74) is 1.48. The summed E-state index contributed by atoms with van der Waals surface area (Å²) in [7, 11) is -0.794. The zero-order valence-electron chi connectivity index (χ0n) is 14.2. The molecule has 0 saturated carbocycles. The first-order valence-electron chi connectivity index (χ1n) is 7.60. The van der Waals surface area contributed by atoms with E-state index in [1.54, 1.807) is 0 Å². The second kappa shape index (κ2) is 7.35. The Bertz CT molecular complexity index is 857. The second-order valence-corrected chi connectivity index (χ2v) is 9.17. The standard InChI is InChI=1S/C16H22BrN3O3S/c1-11(2)9-20-10-14(13-6-5-12(17)7-15(13)20)16(21)8-18-24(22,23)19(3)4/h5-7,10-11,18H,8-9H2,1-4H3. The number of halogens is 1. The van der Waals surface area contributed by atoms with Gasteiger partial charge in [-0.15, -0.1) is 0 Å². The van der Waals surface area contributed by atoms with Crippen molar-refractivity contribution in [1.29, 1.82) is 0 Å². The van der Waals surface area contributed by atoms with Gasteiger partial charge in [0.15, 0.2) is 5.78 Å². The molecule has 8 heteroatoms. The lowest BCUT2D eigenvalue weighted by Gasteiger charge is -2.11. The van der Waals surface area contributed by atoms with Crippen LogP contribution in [-0.4, -0.2) is 43.7 Å². The lowest BCUT2D eigenvalue weighted by Crippen LogP contribution is -2.38. The Labute approximate surface area is 151 Å². The lowest BCUT2D eigenvalue weighted by molar-refractivity contribution is 0.0998. The molecule has 0 atom stereocenters. The summed E-state index contributed by atoms with van der Waals surface area (Å²) < 4.78 is 29.9. The molecule has 0 unspecified atom stereocenters. The van der Waals surface area contributed by atoms with Gasteiger partial charge in [-0.05, 0) is 18.1 Å². The summed E-state index contributed by atoms with van der Waals surface area (Å²) in [5.74, 6) is 0.171. The number of ketones is 1. The molecule has 1 aromatic carbocycles. The fourth-order valence-electron chi connectivity index (χ4n) is 2.41. The Kier molecular flexibility index (Phi) is 5.85. The van der Waals surface area contributed by atoms with Crippen LogP contribution >= 0.6 is 15.9 Å². The Hall–Kier alpha value is -1.22. The summed E-state index contributed by atoms with van der Waals surface area (Å²) in [6.07, 6.45) is 1.81. The Morgan fingerprint density at radius 3 is 2.58 bits per heavy atom. The van der Waals surface area contributed by atoms with Crippen molar-refractivity contribution in [3.63, 3.8) is 0 Å². The first kappa shape index (κ1) is 19.1. The molecule has 2 rings (SSSR count). The third kappa shape index (κ3) is 4.24. The number of hydrogen-bond acceptors (Lipinski definition) is 3. The van der Waals surface area contributed by atoms with Crippen molar-refractivity contribution in [2.75, 3.05) is 20.6 Å². The van der Waals surface area contributed by atoms with E-state index in [0.29, 0.717) is 11.5 Å². The number of carbonyl (C=O) groups is 1. The minimum absolute atomic E-state index is 0.254. The van der Waals surface area contributed by atoms with Gasteiger partial charge in [-0.2, -0.15) is 17.4 Å². The van der Waals surface area contributed by atoms with Crippen molar-refractivity contribution in [2.24, 2.45) is 5.92 Å². The molecule has 1 N–H and O–H groups in total. The molecule has 0 aliphatic carbocycles. The predicted molar refractivity (Wildman–Crippen MR) is 99.4 cm³/mol. The van der Waals surface area contributed by atoms with Crippen molar-refractivity contribution in [2.45, 2.75) is 20.4 Å². The largest absolute Gasteiger partial charge is 0.346 e. The van der Waals surface area contributed by atoms with E-state index < -0.39 is 10.2 Å². The van der Waals surface area contributed by atoms with Crippen molar-refractivity contribution in [3.8, 4) is 0 Å². The van der Waals surface area contributed by atoms with E-state index in [4.69, 9.17) is 0 Å². The number of hydrogen-bond donors (Lipinski definition) is 1. The predicted octanol–water partition coefficient (Wildman–Crippen LogP) is 2.64. The summed E-state index contributed by atoms with van der Waals surface area (Å²) in [5, 5.41) is 0.827. The van der Waals surface area contributed by atoms with Gasteiger partial charge in [-0.3, -0.25) is 4.79 Å². The first-order valence-corrected chi connectivity index (χ1v) is 9.84. The molecular formula is C16H22BrN3O3S. The number of aromatic nitrogens is 1. The average Bonchev–Trinajstić information content (AvgIpc) is 2.82. The summed E-state index contributed by atoms with van der Waals surface area (Å²) in [6, 6.07) is 5.73. The van der Waals surface area contributed by atoms with Gasteiger partial charge >= 0.3 is 0 Å². The second-order valence-electron chi connectivity index (χ2n) is 6.28. The van der Waals surface area contributed by atoms with Crippen LogP contribution in [-0.2, 0) is 16.8 Å². The Morgan fingerprint density at radius 1 is 1.33 bits per heavy atom. The Morgan fingerprint density at radius 2 is 2.00 bits per heavy atom. The van der Waals surface area contributed by atoms with Crippen LogP contribution in [0.3, 0.4) is 0 Å². The number of nitrogens with one attached hydrogen (secondary N) is 1. The van der Waals surface area contributed by atoms with Crippen LogP contribution in [0.1, 0.15) is 24.2 Å². The Balaban J connectivity index is 2.36. The molecule has 6 nitrogen and oxygen atoms in total. The van der Waals surface area contributed by atoms with Crippen molar-refractivity contribution in [1.82, 2.24) is 13.6 Å². The van der Waals surface area contributed by atoms with Crippen LogP contribution in [0.2, 0.25) is 0 Å². The van der Waals surface area contributed by atoms with E-state index in [9.17, 15) is 13.2 Å². The van der Waals surface area contributed by atoms with Crippen LogP contribution in [0.5, 0.6) is 0 Å². The van der Waals surface area contributed by atoms with Gasteiger partial charge in [-0.1, -0.05) is 35.8 Å². The van der Waals surface area contributed by atoms with Crippen LogP contribution in [0.15, 0.2) is 28.9 Å². The highest BCUT2D eigenvalue weighted by molar-refractivity contribution is 9.10. The average molecular weight is 416 g/mol. The van der Waals surface area contributed by atoms with Crippen LogP contribution in [0.25, 0.3) is 10.9 Å². The SMILES string of the molecule is CC(C)Cn1cc(C(=O)CNS(=O)(=O)N(C)C)c2ccc(Br)cc21. The number of nitrogens with zero attached hydrogens (tertiary/aromatic N) is 2. The normalized spacial score (nSPS) is 12.5. The summed E-state index contributed by atoms with van der Waals surface area (Å²) >= 11 is 3.46. The molecule has 0 saturated heterocycles. The van der Waals surface area contributed by atoms with Gasteiger partial charge in [0, 0.05) is 47.8 Å². The number of rotatable bonds is 7. The molecule has 132 valence electrons. The van der Waals surface area contributed by atoms with E-state index in [1.165, 1.54) is 14.1 Å². The molecule has 1 aromatic heterocycles. The minimum atomic E-state index is -3.63. The van der Waals surface area contributed by atoms with E-state index >= 15 is 0 Å². The molecule has 1 heterocycles. The third-order valence-corrected chi connectivity index (χ3v) is 5.57. The van der Waals surface area contributed by atoms with E-state index in [2.05, 4.69) is 34.5 Å². The molecule has 0 fully saturated rings. The topological polar surface area (TPSA) is 71.4 Å². The van der Waals surface area contributed by atoms with Gasteiger partial charge in [0.2, 0.25) is 0 Å². The molecule has 0 bridgehead atoms. The number of carbonyl (C=O) groups excluding carboxylic acids is 1. The highest BCUT2D eigenvalue weighted by Crippen LogP contribution is 2.26. The first-order chi connectivity index (χ1) is 11.1. The minimum Gasteiger partial charge on any atom is -0.346 e. The maximum absolute atomic E-state index is 12.5. The molecule has 0 aliphatic heterocycles. The van der Waals surface area contributed by atoms with Gasteiger partial charge in [0.05, 0.1) is 6.54 Å². The highest BCUT2D eigenvalue weighted by Gasteiger charge is 2.19. The maximum atomic E-state index is 12.5. The van der Waals surface area contributed by atoms with Crippen LogP contribution in [0, 0.1) is 5.92 Å². The van der Waals surface area contributed by atoms with Gasteiger partial charge in [-0.25, -0.2) is 0 Å². The third-order valence-electron chi connectivity index (χ3n) is 3.60. The number of fused-ring (bicyclic) bond motifs is 1. The summed E-state index contributed by atoms with van der Waals surface area (Å²) in [4.78, 5) is 12.5. The van der Waals surface area contributed by atoms with Gasteiger partial charge < -0.3 is 4.57 Å². The fourth-order valence-corrected chi connectivity index (χ4v) is 3.33. The zero-order chi connectivity index (χ0) is 18.1. The van der Waals surface area contributed by atoms with E-state index in [0.717, 1.165) is 26.2 Å². The van der Waals surface area contributed by atoms with Crippen LogP contribution in [0.4, 0.5) is 0 Å². The highest BCUT2D eigenvalue weighted by atomic mass is 79.9. The lowest BCUT2D eigenvalue weighted by atomic mass is 10.1. The quantitative estimate of drug-likeness (QED) is 0.706. The monoisotopic (exact) mass is 415 g/mol. The number of Topliss-reactive ketones (excluding diaryl/α,β-unsaturated/α-hetero) is 1. The zero-order valence-corrected chi connectivity index (χ0v) is 16.6. The molecule has 0 amide bonds. The van der Waals surface area contributed by atoms with E-state index in [-0.39, 0.29) is 12.3 Å². The van der Waals surface area contributed by atoms with Gasteiger partial charge in [0.1, 0.15) is 0 Å². The smallest absolute Gasteiger partial charge is 0.279 e.